The lowest BCUT2D eigenvalue weighted by Gasteiger charge is -2.52. The summed E-state index contributed by atoms with van der Waals surface area (Å²) in [5.74, 6) is -3.08. The fourth-order valence-electron chi connectivity index (χ4n) is 8.54. The van der Waals surface area contributed by atoms with Crippen molar-refractivity contribution in [1.82, 2.24) is 19.6 Å². The molecule has 0 bridgehead atoms. The van der Waals surface area contributed by atoms with Crippen molar-refractivity contribution in [1.29, 1.82) is 0 Å². The lowest BCUT2D eigenvalue weighted by molar-refractivity contribution is -0.223. The second-order valence-electron chi connectivity index (χ2n) is 16.0. The molecule has 3 heterocycles. The summed E-state index contributed by atoms with van der Waals surface area (Å²) in [7, 11) is 0. The number of likely N-dealkylation sites (tertiary alicyclic amines) is 2. The Morgan fingerprint density at radius 3 is 2.34 bits per heavy atom. The number of carbonyl (C=O) groups is 3. The number of carboxylic acids is 1. The molecule has 1 aromatic heterocycles. The maximum atomic E-state index is 13.8. The fraction of sp³-hybridized carbons (Fsp3) is 0.500. The van der Waals surface area contributed by atoms with Gasteiger partial charge in [-0.05, 0) is 85.8 Å². The summed E-state index contributed by atoms with van der Waals surface area (Å²) in [4.78, 5) is 42.3. The number of aromatic nitrogens is 2. The molecule has 0 radical (unpaired) electrons. The molecule has 3 fully saturated rings. The molecule has 13 heteroatoms. The van der Waals surface area contributed by atoms with Crippen LogP contribution in [0.3, 0.4) is 0 Å². The average Bonchev–Trinajstić information content (AvgIpc) is 3.72. The molecule has 53 heavy (non-hydrogen) atoms. The van der Waals surface area contributed by atoms with Gasteiger partial charge in [-0.15, -0.1) is 0 Å². The number of nitrogens with zero attached hydrogens (tertiary/aromatic N) is 4. The van der Waals surface area contributed by atoms with E-state index in [0.29, 0.717) is 28.7 Å². The fourth-order valence-corrected chi connectivity index (χ4v) is 8.54. The van der Waals surface area contributed by atoms with E-state index >= 15 is 0 Å². The third-order valence-corrected chi connectivity index (χ3v) is 12.2. The Morgan fingerprint density at radius 1 is 1.00 bits per heavy atom. The van der Waals surface area contributed by atoms with Crippen LogP contribution in [0.1, 0.15) is 89.8 Å². The third-order valence-electron chi connectivity index (χ3n) is 12.2. The van der Waals surface area contributed by atoms with E-state index in [9.17, 15) is 37.1 Å². The van der Waals surface area contributed by atoms with Gasteiger partial charge in [0.2, 0.25) is 5.91 Å². The Balaban J connectivity index is 1.07. The SMILES string of the molecule is CC(C)(C(=O)N1CC2(CN(C(=O)c3cnn(Cc4ccc(F)cc4)c3)C[C@H]2COCc2cccc(C3=CCC4(CCC4)CC3)c2C(=O)O)C1)C(F)(F)F. The Hall–Kier alpha value is -4.52. The van der Waals surface area contributed by atoms with Gasteiger partial charge in [-0.25, -0.2) is 9.18 Å². The zero-order valence-corrected chi connectivity index (χ0v) is 29.9. The van der Waals surface area contributed by atoms with Gasteiger partial charge in [0.25, 0.3) is 5.91 Å². The number of halogens is 4. The first kappa shape index (κ1) is 36.8. The standard InChI is InChI=1S/C40H44F4N4O5/c1-37(2,40(42,43)44)36(52)47-24-39(25-47)23-46(34(49)29-17-45-48(19-29)18-26-7-9-31(41)10-8-26)20-30(39)22-53-21-28-5-3-6-32(33(28)35(50)51)27-11-15-38(16-12-27)13-4-14-38/h3,5-11,17,19,30H,4,12-16,18,20-25H2,1-2H3,(H,50,51)/t30-/m0/s1. The van der Waals surface area contributed by atoms with Crippen LogP contribution in [-0.4, -0.2) is 81.4 Å². The molecule has 4 aliphatic rings. The zero-order chi connectivity index (χ0) is 37.8. The van der Waals surface area contributed by atoms with Crippen LogP contribution in [0.5, 0.6) is 0 Å². The number of ether oxygens (including phenoxy) is 1. The molecule has 2 aliphatic heterocycles. The molecule has 282 valence electrons. The number of hydrogen-bond acceptors (Lipinski definition) is 5. The van der Waals surface area contributed by atoms with Crippen molar-refractivity contribution in [3.8, 4) is 0 Å². The van der Waals surface area contributed by atoms with Crippen molar-refractivity contribution in [2.45, 2.75) is 71.7 Å². The van der Waals surface area contributed by atoms with E-state index in [1.165, 1.54) is 42.5 Å². The monoisotopic (exact) mass is 736 g/mol. The molecular weight excluding hydrogens is 692 g/mol. The van der Waals surface area contributed by atoms with Crippen LogP contribution >= 0.6 is 0 Å². The number of rotatable bonds is 10. The summed E-state index contributed by atoms with van der Waals surface area (Å²) in [6, 6.07) is 11.4. The zero-order valence-electron chi connectivity index (χ0n) is 29.9. The summed E-state index contributed by atoms with van der Waals surface area (Å²) in [6.45, 7) is 2.64. The third kappa shape index (κ3) is 7.00. The molecule has 3 aromatic rings. The van der Waals surface area contributed by atoms with E-state index in [2.05, 4.69) is 11.2 Å². The molecule has 2 aliphatic carbocycles. The van der Waals surface area contributed by atoms with Gasteiger partial charge >= 0.3 is 12.1 Å². The molecule has 1 N–H and O–H groups in total. The molecule has 2 amide bonds. The first-order chi connectivity index (χ1) is 25.1. The van der Waals surface area contributed by atoms with E-state index in [1.807, 2.05) is 12.1 Å². The maximum Gasteiger partial charge on any atom is 0.402 e. The van der Waals surface area contributed by atoms with E-state index in [4.69, 9.17) is 4.74 Å². The molecule has 9 nitrogen and oxygen atoms in total. The number of carbonyl (C=O) groups excluding carboxylic acids is 2. The number of alkyl halides is 3. The summed E-state index contributed by atoms with van der Waals surface area (Å²) < 4.78 is 62.5. The predicted octanol–water partition coefficient (Wildman–Crippen LogP) is 7.21. The van der Waals surface area contributed by atoms with Crippen molar-refractivity contribution in [3.05, 3.63) is 94.6 Å². The predicted molar refractivity (Wildman–Crippen MR) is 187 cm³/mol. The van der Waals surface area contributed by atoms with Crippen LogP contribution in [0.25, 0.3) is 5.57 Å². The van der Waals surface area contributed by atoms with Gasteiger partial charge in [-0.2, -0.15) is 18.3 Å². The molecule has 1 atom stereocenters. The summed E-state index contributed by atoms with van der Waals surface area (Å²) >= 11 is 0. The van der Waals surface area contributed by atoms with E-state index in [1.54, 1.807) is 34.0 Å². The number of benzene rings is 2. The highest BCUT2D eigenvalue weighted by Crippen LogP contribution is 2.52. The van der Waals surface area contributed by atoms with Crippen LogP contribution < -0.4 is 0 Å². The second kappa shape index (κ2) is 13.7. The maximum absolute atomic E-state index is 13.8. The van der Waals surface area contributed by atoms with Crippen molar-refractivity contribution in [3.63, 3.8) is 0 Å². The van der Waals surface area contributed by atoms with Gasteiger partial charge in [0, 0.05) is 43.7 Å². The minimum absolute atomic E-state index is 0.00682. The Kier molecular flexibility index (Phi) is 9.53. The molecule has 2 aromatic carbocycles. The second-order valence-corrected chi connectivity index (χ2v) is 16.0. The number of hydrogen-bond donors (Lipinski definition) is 1. The summed E-state index contributed by atoms with van der Waals surface area (Å²) in [6.07, 6.45) is 7.01. The van der Waals surface area contributed by atoms with Gasteiger partial charge in [-0.1, -0.05) is 42.8 Å². The highest BCUT2D eigenvalue weighted by atomic mass is 19.4. The van der Waals surface area contributed by atoms with E-state index in [-0.39, 0.29) is 62.6 Å². The number of amides is 2. The molecular formula is C40H44F4N4O5. The molecule has 0 unspecified atom stereocenters. The lowest BCUT2D eigenvalue weighted by atomic mass is 9.61. The molecule has 2 saturated heterocycles. The van der Waals surface area contributed by atoms with Crippen LogP contribution in [-0.2, 0) is 22.7 Å². The van der Waals surface area contributed by atoms with Gasteiger partial charge in [0.05, 0.1) is 37.1 Å². The van der Waals surface area contributed by atoms with Crippen LogP contribution in [0, 0.1) is 28.0 Å². The molecule has 7 rings (SSSR count). The van der Waals surface area contributed by atoms with Crippen LogP contribution in [0.2, 0.25) is 0 Å². The highest BCUT2D eigenvalue weighted by Gasteiger charge is 2.61. The Bertz CT molecular complexity index is 1920. The minimum Gasteiger partial charge on any atom is -0.478 e. The Morgan fingerprint density at radius 2 is 1.72 bits per heavy atom. The summed E-state index contributed by atoms with van der Waals surface area (Å²) in [5, 5.41) is 14.6. The van der Waals surface area contributed by atoms with Gasteiger partial charge < -0.3 is 19.6 Å². The summed E-state index contributed by atoms with van der Waals surface area (Å²) in [5.41, 5.74) is 0.652. The normalized spacial score (nSPS) is 20.6. The average molecular weight is 737 g/mol. The highest BCUT2D eigenvalue weighted by molar-refractivity contribution is 5.96. The molecule has 2 spiro atoms. The van der Waals surface area contributed by atoms with Gasteiger partial charge in [0.15, 0.2) is 0 Å². The van der Waals surface area contributed by atoms with Crippen molar-refractivity contribution in [2.75, 3.05) is 32.8 Å². The topological polar surface area (TPSA) is 105 Å². The smallest absolute Gasteiger partial charge is 0.402 e. The Labute approximate surface area is 305 Å². The van der Waals surface area contributed by atoms with Gasteiger partial charge in [0.1, 0.15) is 11.2 Å². The van der Waals surface area contributed by atoms with Crippen molar-refractivity contribution in [2.24, 2.45) is 22.2 Å². The van der Waals surface area contributed by atoms with Crippen molar-refractivity contribution < 1.29 is 41.8 Å². The lowest BCUT2D eigenvalue weighted by Crippen LogP contribution is -2.66. The van der Waals surface area contributed by atoms with Crippen LogP contribution in [0.4, 0.5) is 17.6 Å². The number of carboxylic acid groups (broad SMARTS) is 1. The van der Waals surface area contributed by atoms with E-state index < -0.39 is 28.9 Å². The first-order valence-corrected chi connectivity index (χ1v) is 18.1. The van der Waals surface area contributed by atoms with Crippen molar-refractivity contribution >= 4 is 23.4 Å². The van der Waals surface area contributed by atoms with Gasteiger partial charge in [-0.3, -0.25) is 14.3 Å². The number of allylic oxidation sites excluding steroid dienone is 2. The minimum atomic E-state index is -4.73. The number of aromatic carboxylic acids is 1. The van der Waals surface area contributed by atoms with Crippen LogP contribution in [0.15, 0.2) is 60.9 Å². The largest absolute Gasteiger partial charge is 0.478 e. The first-order valence-electron chi connectivity index (χ1n) is 18.1. The van der Waals surface area contributed by atoms with E-state index in [0.717, 1.165) is 44.2 Å². The quantitative estimate of drug-likeness (QED) is 0.221. The molecule has 1 saturated carbocycles.